The quantitative estimate of drug-likeness (QED) is 0.0896. The molecule has 126 heavy (non-hydrogen) atoms. The van der Waals surface area contributed by atoms with Gasteiger partial charge in [0.15, 0.2) is 0 Å². The maximum Gasteiger partial charge on any atom is 0.0783 e. The van der Waals surface area contributed by atoms with Gasteiger partial charge in [-0.25, -0.2) is 0 Å². The first-order valence-corrected chi connectivity index (χ1v) is 57.0. The predicted octanol–water partition coefficient (Wildman–Crippen LogP) is 30.2. The van der Waals surface area contributed by atoms with Gasteiger partial charge in [-0.1, -0.05) is 259 Å². The van der Waals surface area contributed by atoms with Crippen LogP contribution in [0.15, 0.2) is 292 Å². The Morgan fingerprint density at radius 3 is 1.09 bits per heavy atom. The van der Waals surface area contributed by atoms with E-state index in [0.717, 1.165) is 85.3 Å². The van der Waals surface area contributed by atoms with Gasteiger partial charge in [-0.3, -0.25) is 0 Å². The first-order chi connectivity index (χ1) is 59.9. The minimum absolute atomic E-state index is 0. The Hall–Kier alpha value is -8.86. The first kappa shape index (κ1) is 94.7. The van der Waals surface area contributed by atoms with E-state index in [9.17, 15) is 0 Å². The summed E-state index contributed by atoms with van der Waals surface area (Å²) in [7, 11) is -4.15. The molecule has 0 N–H and O–H groups in total. The SMILES string of the molecule is C[Si](C)(C)c1c[c-]c(-c2ccccn2)c2sc3ccccc3c12.C[Si](C)(C)c1ccc2sc3c(-c4ccccn4)[c-]ccc3c2c1.C[Si](C)(C)c1cccc2sc3c(-c4ccccn4)[c-]ccc3c12.[Ir].[Ir].[Ir].[c-]1ccccc1-c1ccc(C2CCCCC2)cn1.[c-]1ccccc1-c1ccc(C2CCCCC2)cn1.[c-]1ccccc1-c1ccc(C2CCCCC2)cn1. The third kappa shape index (κ3) is 23.2. The number of hydrogen-bond donors (Lipinski definition) is 0. The van der Waals surface area contributed by atoms with Gasteiger partial charge in [-0.05, 0) is 174 Å². The van der Waals surface area contributed by atoms with Crippen molar-refractivity contribution in [1.82, 2.24) is 29.9 Å². The number of benzene rings is 9. The molecule has 3 aliphatic carbocycles. The third-order valence-electron chi connectivity index (χ3n) is 24.1. The van der Waals surface area contributed by atoms with Gasteiger partial charge in [-0.15, -0.1) is 178 Å². The molecular formula is C111H108Ir3N6S3Si3-6. The van der Waals surface area contributed by atoms with Gasteiger partial charge in [0.25, 0.3) is 0 Å². The molecule has 0 aliphatic heterocycles. The Balaban J connectivity index is 0.000000129. The van der Waals surface area contributed by atoms with Crippen LogP contribution in [0, 0.1) is 36.4 Å². The summed E-state index contributed by atoms with van der Waals surface area (Å²) in [6.07, 6.45) is 32.2. The van der Waals surface area contributed by atoms with Crippen LogP contribution in [0.25, 0.3) is 128 Å². The minimum Gasteiger partial charge on any atom is -0.305 e. The summed E-state index contributed by atoms with van der Waals surface area (Å²) >= 11 is 5.58. The molecule has 3 saturated carbocycles. The first-order valence-electron chi connectivity index (χ1n) is 44.1. The van der Waals surface area contributed by atoms with Crippen molar-refractivity contribution < 1.29 is 60.3 Å². The van der Waals surface area contributed by atoms with Gasteiger partial charge >= 0.3 is 0 Å². The van der Waals surface area contributed by atoms with Crippen LogP contribution in [0.3, 0.4) is 0 Å². The van der Waals surface area contributed by atoms with Crippen LogP contribution >= 0.6 is 34.0 Å². The Bertz CT molecular complexity index is 6240. The van der Waals surface area contributed by atoms with Crippen molar-refractivity contribution in [3.05, 3.63) is 345 Å². The third-order valence-corrected chi connectivity index (χ3v) is 33.8. The standard InChI is InChI=1S/3C20H18NSSi.3C17H18N.3Ir/c1-23(2,3)18-12-7-11-17-19(18)15-9-6-8-14(20(15)22-17)16-10-4-5-13-21-16;1-23(2,3)14-10-11-19-17(13-14)15-7-6-8-16(20(15)22-19)18-9-4-5-12-21-18;1-23(2,3)18-12-11-14(16-9-6-7-13-21-16)20-19(18)15-8-4-5-10-17(15)22-20;3*1-3-7-14(8-4-1)16-11-12-17(18-13-16)15-9-5-2-6-10-15;;;/h2*4-7,9-13H,1-3H3;4-10,12-13H,1-3H3;3*2,5-6,9,11-14H,1,3-4,7-8H2;;;/q6*-1;;;. The van der Waals surface area contributed by atoms with Crippen molar-refractivity contribution in [3.8, 4) is 67.5 Å². The van der Waals surface area contributed by atoms with E-state index in [1.54, 1.807) is 5.19 Å². The summed E-state index contributed by atoms with van der Waals surface area (Å²) in [5, 5.41) is 12.8. The fourth-order valence-electron chi connectivity index (χ4n) is 17.5. The topological polar surface area (TPSA) is 77.3 Å². The summed E-state index contributed by atoms with van der Waals surface area (Å²) < 4.78 is 7.97. The van der Waals surface area contributed by atoms with E-state index in [2.05, 4.69) is 295 Å². The number of nitrogens with zero attached hydrogens (tertiary/aromatic N) is 6. The van der Waals surface area contributed by atoms with E-state index in [0.29, 0.717) is 0 Å². The van der Waals surface area contributed by atoms with Gasteiger partial charge < -0.3 is 29.9 Å². The molecule has 0 saturated heterocycles. The van der Waals surface area contributed by atoms with E-state index in [4.69, 9.17) is 0 Å². The second-order valence-electron chi connectivity index (χ2n) is 35.8. The van der Waals surface area contributed by atoms with Crippen molar-refractivity contribution in [2.45, 2.75) is 173 Å². The smallest absolute Gasteiger partial charge is 0.0783 e. The molecule has 0 bridgehead atoms. The number of aromatic nitrogens is 6. The van der Waals surface area contributed by atoms with E-state index >= 15 is 0 Å². The molecule has 3 aliphatic rings. The Morgan fingerprint density at radius 1 is 0.278 bits per heavy atom. The molecule has 3 radical (unpaired) electrons. The van der Waals surface area contributed by atoms with E-state index in [1.807, 2.05) is 156 Å². The zero-order valence-electron chi connectivity index (χ0n) is 73.5. The van der Waals surface area contributed by atoms with Crippen LogP contribution in [-0.2, 0) is 60.3 Å². The van der Waals surface area contributed by atoms with E-state index in [-0.39, 0.29) is 60.3 Å². The molecule has 0 amide bonds. The molecule has 9 aromatic heterocycles. The molecule has 0 spiro atoms. The molecule has 3 fully saturated rings. The number of pyridine rings is 6. The van der Waals surface area contributed by atoms with Crippen molar-refractivity contribution >= 4 is 134 Å². The Morgan fingerprint density at radius 2 is 0.675 bits per heavy atom. The van der Waals surface area contributed by atoms with E-state index in [1.165, 1.54) is 184 Å². The van der Waals surface area contributed by atoms with Gasteiger partial charge in [0.1, 0.15) is 0 Å². The maximum absolute atomic E-state index is 4.59. The Kier molecular flexibility index (Phi) is 33.4. The molecular weight excluding hydrogens is 2170 g/mol. The van der Waals surface area contributed by atoms with Crippen LogP contribution in [0.2, 0.25) is 58.9 Å². The fraction of sp³-hybridized carbons (Fsp3) is 0.243. The van der Waals surface area contributed by atoms with Gasteiger partial charge in [0, 0.05) is 120 Å². The second kappa shape index (κ2) is 44.4. The van der Waals surface area contributed by atoms with Crippen molar-refractivity contribution in [3.63, 3.8) is 0 Å². The molecule has 6 nitrogen and oxygen atoms in total. The van der Waals surface area contributed by atoms with Crippen molar-refractivity contribution in [2.75, 3.05) is 0 Å². The fourth-order valence-corrected chi connectivity index (χ4v) is 25.6. The molecule has 21 rings (SSSR count). The maximum atomic E-state index is 4.59. The van der Waals surface area contributed by atoms with E-state index < -0.39 is 24.2 Å². The van der Waals surface area contributed by atoms with Crippen molar-refractivity contribution in [1.29, 1.82) is 0 Å². The summed E-state index contributed by atoms with van der Waals surface area (Å²) in [6.45, 7) is 21.7. The monoisotopic (exact) mass is 2280 g/mol. The van der Waals surface area contributed by atoms with Crippen LogP contribution in [0.5, 0.6) is 0 Å². The summed E-state index contributed by atoms with van der Waals surface area (Å²) in [5.74, 6) is 2.21. The zero-order chi connectivity index (χ0) is 84.7. The van der Waals surface area contributed by atoms with Crippen LogP contribution in [0.4, 0.5) is 0 Å². The van der Waals surface area contributed by atoms with Crippen LogP contribution < -0.4 is 15.6 Å². The number of rotatable bonds is 12. The molecule has 18 aromatic rings. The van der Waals surface area contributed by atoms with Crippen LogP contribution in [0.1, 0.15) is 131 Å². The minimum atomic E-state index is -1.45. The summed E-state index contributed by atoms with van der Waals surface area (Å²) in [5.41, 5.74) is 16.9. The van der Waals surface area contributed by atoms with Gasteiger partial charge in [0.2, 0.25) is 0 Å². The largest absolute Gasteiger partial charge is 0.305 e. The molecule has 0 unspecified atom stereocenters. The predicted molar refractivity (Wildman–Crippen MR) is 536 cm³/mol. The van der Waals surface area contributed by atoms with Crippen molar-refractivity contribution in [2.24, 2.45) is 0 Å². The summed E-state index contributed by atoms with van der Waals surface area (Å²) in [6, 6.07) is 109. The summed E-state index contributed by atoms with van der Waals surface area (Å²) in [4.78, 5) is 27.4. The normalized spacial score (nSPS) is 13.8. The number of thiophene rings is 3. The molecule has 15 heteroatoms. The number of fused-ring (bicyclic) bond motifs is 9. The average molecular weight is 2280 g/mol. The number of hydrogen-bond acceptors (Lipinski definition) is 9. The molecule has 9 heterocycles. The molecule has 0 atom stereocenters. The van der Waals surface area contributed by atoms with Crippen LogP contribution in [-0.4, -0.2) is 54.1 Å². The Labute approximate surface area is 802 Å². The average Bonchev–Trinajstić information content (AvgIpc) is 1.59. The van der Waals surface area contributed by atoms with Gasteiger partial charge in [-0.2, -0.15) is 34.0 Å². The second-order valence-corrected chi connectivity index (χ2v) is 54.1. The zero-order valence-corrected chi connectivity index (χ0v) is 86.1. The molecule has 645 valence electrons. The van der Waals surface area contributed by atoms with Gasteiger partial charge in [0.05, 0.1) is 16.1 Å². The molecule has 9 aromatic carbocycles.